The number of ether oxygens (including phenoxy) is 1. The number of hydrogen-bond acceptors (Lipinski definition) is 5. The Balaban J connectivity index is 1.53. The Labute approximate surface area is 122 Å². The minimum Gasteiger partial charge on any atom is -0.507 e. The first-order valence-corrected chi connectivity index (χ1v) is 7.14. The standard InChI is InChI=1S/C15H18N2O4/c18-13-6-2-1-5-11(13)12-8-14(21-17-12)15(19)16-9-10-4-3-7-20-10/h1-2,5-6,10,14,18H,3-4,7-9H2,(H,16,19)/t10-,14-/m1/s1. The van der Waals surface area contributed by atoms with Crippen LogP contribution in [0.15, 0.2) is 29.4 Å². The number of carbonyl (C=O) groups is 1. The van der Waals surface area contributed by atoms with Gasteiger partial charge in [0, 0.05) is 25.1 Å². The molecule has 21 heavy (non-hydrogen) atoms. The molecule has 1 aromatic carbocycles. The molecule has 112 valence electrons. The number of para-hydroxylation sites is 1. The van der Waals surface area contributed by atoms with Gasteiger partial charge in [-0.3, -0.25) is 4.79 Å². The Morgan fingerprint density at radius 3 is 3.05 bits per heavy atom. The van der Waals surface area contributed by atoms with Gasteiger partial charge < -0.3 is 20.0 Å². The first-order chi connectivity index (χ1) is 10.2. The van der Waals surface area contributed by atoms with Crippen LogP contribution in [-0.2, 0) is 14.4 Å². The van der Waals surface area contributed by atoms with E-state index in [2.05, 4.69) is 10.5 Å². The van der Waals surface area contributed by atoms with Crippen molar-refractivity contribution in [2.45, 2.75) is 31.5 Å². The average molecular weight is 290 g/mol. The summed E-state index contributed by atoms with van der Waals surface area (Å²) in [5, 5.41) is 16.5. The number of nitrogens with zero attached hydrogens (tertiary/aromatic N) is 1. The van der Waals surface area contributed by atoms with Crippen molar-refractivity contribution in [2.75, 3.05) is 13.2 Å². The predicted molar refractivity (Wildman–Crippen MR) is 76.1 cm³/mol. The Hall–Kier alpha value is -2.08. The molecule has 0 aliphatic carbocycles. The summed E-state index contributed by atoms with van der Waals surface area (Å²) in [5.41, 5.74) is 1.19. The highest BCUT2D eigenvalue weighted by Gasteiger charge is 2.30. The lowest BCUT2D eigenvalue weighted by molar-refractivity contribution is -0.131. The predicted octanol–water partition coefficient (Wildman–Crippen LogP) is 1.18. The van der Waals surface area contributed by atoms with Crippen molar-refractivity contribution in [1.29, 1.82) is 0 Å². The fourth-order valence-corrected chi connectivity index (χ4v) is 2.53. The fraction of sp³-hybridized carbons (Fsp3) is 0.467. The number of phenolic OH excluding ortho intramolecular Hbond substituents is 1. The molecular weight excluding hydrogens is 272 g/mol. The van der Waals surface area contributed by atoms with Gasteiger partial charge in [-0.2, -0.15) is 0 Å². The molecule has 0 radical (unpaired) electrons. The van der Waals surface area contributed by atoms with Crippen LogP contribution in [0, 0.1) is 0 Å². The smallest absolute Gasteiger partial charge is 0.264 e. The zero-order chi connectivity index (χ0) is 14.7. The molecule has 2 N–H and O–H groups in total. The van der Waals surface area contributed by atoms with Crippen molar-refractivity contribution in [2.24, 2.45) is 5.16 Å². The van der Waals surface area contributed by atoms with Crippen LogP contribution in [0.1, 0.15) is 24.8 Å². The summed E-state index contributed by atoms with van der Waals surface area (Å²) in [5.74, 6) is -0.0556. The summed E-state index contributed by atoms with van der Waals surface area (Å²) in [6.45, 7) is 1.27. The lowest BCUT2D eigenvalue weighted by Crippen LogP contribution is -2.39. The van der Waals surface area contributed by atoms with E-state index >= 15 is 0 Å². The van der Waals surface area contributed by atoms with Gasteiger partial charge in [0.1, 0.15) is 5.75 Å². The molecule has 0 spiro atoms. The normalized spacial score (nSPS) is 24.5. The van der Waals surface area contributed by atoms with Crippen LogP contribution < -0.4 is 5.32 Å². The maximum Gasteiger partial charge on any atom is 0.264 e. The largest absolute Gasteiger partial charge is 0.507 e. The molecule has 6 heteroatoms. The molecule has 1 aromatic rings. The molecule has 1 saturated heterocycles. The second kappa shape index (κ2) is 6.13. The quantitative estimate of drug-likeness (QED) is 0.872. The van der Waals surface area contributed by atoms with Gasteiger partial charge in [-0.25, -0.2) is 0 Å². The summed E-state index contributed by atoms with van der Waals surface area (Å²) in [4.78, 5) is 17.2. The molecule has 2 atom stereocenters. The third-order valence-corrected chi connectivity index (χ3v) is 3.70. The van der Waals surface area contributed by atoms with Crippen molar-refractivity contribution in [1.82, 2.24) is 5.32 Å². The first kappa shape index (κ1) is 13.9. The molecule has 0 bridgehead atoms. The zero-order valence-corrected chi connectivity index (χ0v) is 11.6. The van der Waals surface area contributed by atoms with Gasteiger partial charge in [0.25, 0.3) is 5.91 Å². The minimum absolute atomic E-state index is 0.105. The van der Waals surface area contributed by atoms with Crippen molar-refractivity contribution in [3.63, 3.8) is 0 Å². The number of amides is 1. The number of rotatable bonds is 4. The van der Waals surface area contributed by atoms with Crippen molar-refractivity contribution in [3.05, 3.63) is 29.8 Å². The number of aromatic hydroxyl groups is 1. The van der Waals surface area contributed by atoms with E-state index in [1.165, 1.54) is 0 Å². The Morgan fingerprint density at radius 1 is 1.43 bits per heavy atom. The monoisotopic (exact) mass is 290 g/mol. The van der Waals surface area contributed by atoms with Crippen LogP contribution in [0.4, 0.5) is 0 Å². The minimum atomic E-state index is -0.638. The van der Waals surface area contributed by atoms with Gasteiger partial charge in [0.15, 0.2) is 0 Å². The highest BCUT2D eigenvalue weighted by molar-refractivity contribution is 6.05. The van der Waals surface area contributed by atoms with Crippen LogP contribution >= 0.6 is 0 Å². The number of carbonyl (C=O) groups excluding carboxylic acids is 1. The van der Waals surface area contributed by atoms with E-state index in [1.54, 1.807) is 18.2 Å². The molecule has 2 heterocycles. The maximum atomic E-state index is 12.0. The molecule has 2 aliphatic rings. The van der Waals surface area contributed by atoms with Crippen LogP contribution in [0.2, 0.25) is 0 Å². The third kappa shape index (κ3) is 3.16. The van der Waals surface area contributed by atoms with E-state index in [9.17, 15) is 9.90 Å². The molecule has 0 aromatic heterocycles. The summed E-state index contributed by atoms with van der Waals surface area (Å²) < 4.78 is 5.45. The number of phenols is 1. The zero-order valence-electron chi connectivity index (χ0n) is 11.6. The Kier molecular flexibility index (Phi) is 4.06. The lowest BCUT2D eigenvalue weighted by Gasteiger charge is -2.13. The van der Waals surface area contributed by atoms with Crippen molar-refractivity contribution < 1.29 is 19.5 Å². The van der Waals surface area contributed by atoms with E-state index in [0.29, 0.717) is 24.2 Å². The van der Waals surface area contributed by atoms with Crippen LogP contribution in [-0.4, -0.2) is 42.1 Å². The molecule has 2 aliphatic heterocycles. The van der Waals surface area contributed by atoms with Crippen molar-refractivity contribution in [3.8, 4) is 5.75 Å². The van der Waals surface area contributed by atoms with Gasteiger partial charge in [-0.05, 0) is 25.0 Å². The van der Waals surface area contributed by atoms with E-state index in [0.717, 1.165) is 19.4 Å². The highest BCUT2D eigenvalue weighted by atomic mass is 16.6. The van der Waals surface area contributed by atoms with E-state index in [-0.39, 0.29) is 17.8 Å². The molecule has 3 rings (SSSR count). The van der Waals surface area contributed by atoms with Gasteiger partial charge >= 0.3 is 0 Å². The van der Waals surface area contributed by atoms with Gasteiger partial charge in [-0.15, -0.1) is 0 Å². The molecule has 1 fully saturated rings. The van der Waals surface area contributed by atoms with Gasteiger partial charge in [0.2, 0.25) is 6.10 Å². The van der Waals surface area contributed by atoms with Gasteiger partial charge in [0.05, 0.1) is 11.8 Å². The Morgan fingerprint density at radius 2 is 2.29 bits per heavy atom. The van der Waals surface area contributed by atoms with Crippen LogP contribution in [0.3, 0.4) is 0 Å². The topological polar surface area (TPSA) is 80.2 Å². The highest BCUT2D eigenvalue weighted by Crippen LogP contribution is 2.23. The van der Waals surface area contributed by atoms with E-state index < -0.39 is 6.10 Å². The Bertz CT molecular complexity index is 552. The van der Waals surface area contributed by atoms with E-state index in [4.69, 9.17) is 9.57 Å². The summed E-state index contributed by atoms with van der Waals surface area (Å²) in [7, 11) is 0. The average Bonchev–Trinajstić information content (AvgIpc) is 3.17. The molecule has 0 unspecified atom stereocenters. The summed E-state index contributed by atoms with van der Waals surface area (Å²) in [6.07, 6.45) is 1.84. The number of benzene rings is 1. The van der Waals surface area contributed by atoms with Crippen LogP contribution in [0.25, 0.3) is 0 Å². The third-order valence-electron chi connectivity index (χ3n) is 3.70. The first-order valence-electron chi connectivity index (χ1n) is 7.14. The van der Waals surface area contributed by atoms with Crippen LogP contribution in [0.5, 0.6) is 5.75 Å². The lowest BCUT2D eigenvalue weighted by atomic mass is 10.0. The molecule has 0 saturated carbocycles. The van der Waals surface area contributed by atoms with Gasteiger partial charge in [-0.1, -0.05) is 17.3 Å². The molecule has 6 nitrogen and oxygen atoms in total. The van der Waals surface area contributed by atoms with E-state index in [1.807, 2.05) is 6.07 Å². The maximum absolute atomic E-state index is 12.0. The number of nitrogens with one attached hydrogen (secondary N) is 1. The number of oxime groups is 1. The molecule has 1 amide bonds. The van der Waals surface area contributed by atoms with Crippen molar-refractivity contribution >= 4 is 11.6 Å². The SMILES string of the molecule is O=C(NC[C@H]1CCCO1)[C@H]1CC(c2ccccc2O)=NO1. The summed E-state index contributed by atoms with van der Waals surface area (Å²) >= 11 is 0. The number of hydrogen-bond donors (Lipinski definition) is 2. The summed E-state index contributed by atoms with van der Waals surface area (Å²) in [6, 6.07) is 6.89. The molecular formula is C15H18N2O4. The second-order valence-corrected chi connectivity index (χ2v) is 5.23. The fourth-order valence-electron chi connectivity index (χ4n) is 2.53. The second-order valence-electron chi connectivity index (χ2n) is 5.23.